The van der Waals surface area contributed by atoms with Crippen molar-refractivity contribution in [2.45, 2.75) is 18.9 Å². The molecular weight excluding hydrogens is 300 g/mol. The third kappa shape index (κ3) is 2.92. The lowest BCUT2D eigenvalue weighted by atomic mass is 10.0. The smallest absolute Gasteiger partial charge is 0.255 e. The Labute approximate surface area is 134 Å². The fourth-order valence-corrected chi connectivity index (χ4v) is 2.96. The average Bonchev–Trinajstić information content (AvgIpc) is 3.04. The van der Waals surface area contributed by atoms with Gasteiger partial charge < -0.3 is 9.64 Å². The molecule has 0 bridgehead atoms. The summed E-state index contributed by atoms with van der Waals surface area (Å²) >= 11 is 5.78. The highest BCUT2D eigenvalue weighted by Crippen LogP contribution is 2.33. The number of carbonyl (C=O) groups is 1. The second-order valence-corrected chi connectivity index (χ2v) is 5.69. The van der Waals surface area contributed by atoms with Crippen LogP contribution in [0.4, 0.5) is 0 Å². The molecule has 1 aliphatic heterocycles. The van der Waals surface area contributed by atoms with Crippen molar-refractivity contribution in [2.75, 3.05) is 13.7 Å². The van der Waals surface area contributed by atoms with Crippen molar-refractivity contribution in [2.24, 2.45) is 0 Å². The number of hydrogen-bond acceptors (Lipinski definition) is 3. The monoisotopic (exact) mass is 316 g/mol. The minimum absolute atomic E-state index is 0.00230. The van der Waals surface area contributed by atoms with E-state index in [1.54, 1.807) is 19.2 Å². The van der Waals surface area contributed by atoms with E-state index >= 15 is 0 Å². The highest BCUT2D eigenvalue weighted by Gasteiger charge is 2.30. The second-order valence-electron chi connectivity index (χ2n) is 5.30. The topological polar surface area (TPSA) is 42.4 Å². The number of amides is 1. The highest BCUT2D eigenvalue weighted by molar-refractivity contribution is 6.29. The molecule has 1 unspecified atom stereocenters. The number of methoxy groups -OCH3 is 1. The number of halogens is 1. The van der Waals surface area contributed by atoms with Crippen LogP contribution in [0.25, 0.3) is 0 Å². The summed E-state index contributed by atoms with van der Waals surface area (Å²) in [5.74, 6) is 0.823. The quantitative estimate of drug-likeness (QED) is 0.810. The lowest BCUT2D eigenvalue weighted by Crippen LogP contribution is -2.30. The fourth-order valence-electron chi connectivity index (χ4n) is 2.85. The van der Waals surface area contributed by atoms with Crippen molar-refractivity contribution in [3.63, 3.8) is 0 Å². The zero-order chi connectivity index (χ0) is 15.5. The lowest BCUT2D eigenvalue weighted by molar-refractivity contribution is 0.0735. The Kier molecular flexibility index (Phi) is 4.29. The van der Waals surface area contributed by atoms with Gasteiger partial charge in [-0.1, -0.05) is 23.7 Å². The summed E-state index contributed by atoms with van der Waals surface area (Å²) in [7, 11) is 1.65. The molecule has 114 valence electrons. The molecule has 1 fully saturated rings. The normalized spacial score (nSPS) is 17.5. The number of carbonyl (C=O) groups excluding carboxylic acids is 1. The Morgan fingerprint density at radius 1 is 1.27 bits per heavy atom. The van der Waals surface area contributed by atoms with Gasteiger partial charge in [0.1, 0.15) is 10.9 Å². The zero-order valence-corrected chi connectivity index (χ0v) is 13.1. The molecule has 0 aliphatic carbocycles. The van der Waals surface area contributed by atoms with Gasteiger partial charge in [0.2, 0.25) is 0 Å². The number of rotatable bonds is 3. The van der Waals surface area contributed by atoms with Gasteiger partial charge in [0.25, 0.3) is 5.91 Å². The number of likely N-dealkylation sites (tertiary alicyclic amines) is 1. The van der Waals surface area contributed by atoms with Crippen LogP contribution in [-0.2, 0) is 0 Å². The van der Waals surface area contributed by atoms with Gasteiger partial charge in [-0.2, -0.15) is 0 Å². The first-order valence-corrected chi connectivity index (χ1v) is 7.63. The van der Waals surface area contributed by atoms with Crippen LogP contribution in [-0.4, -0.2) is 29.4 Å². The molecule has 0 radical (unpaired) electrons. The zero-order valence-electron chi connectivity index (χ0n) is 12.3. The SMILES string of the molecule is COc1ccc(C2CCCN2C(=O)c2ccc(Cl)nc2)cc1. The van der Waals surface area contributed by atoms with E-state index < -0.39 is 0 Å². The van der Waals surface area contributed by atoms with Crippen LogP contribution >= 0.6 is 11.6 Å². The molecule has 5 heteroatoms. The van der Waals surface area contributed by atoms with Crippen molar-refractivity contribution >= 4 is 17.5 Å². The summed E-state index contributed by atoms with van der Waals surface area (Å²) in [6, 6.07) is 11.4. The summed E-state index contributed by atoms with van der Waals surface area (Å²) in [4.78, 5) is 18.6. The number of aromatic nitrogens is 1. The van der Waals surface area contributed by atoms with Gasteiger partial charge in [0, 0.05) is 12.7 Å². The maximum Gasteiger partial charge on any atom is 0.255 e. The molecule has 1 aromatic carbocycles. The van der Waals surface area contributed by atoms with Crippen molar-refractivity contribution < 1.29 is 9.53 Å². The molecule has 0 N–H and O–H groups in total. The molecule has 1 atom stereocenters. The van der Waals surface area contributed by atoms with Crippen molar-refractivity contribution in [1.29, 1.82) is 0 Å². The maximum absolute atomic E-state index is 12.7. The van der Waals surface area contributed by atoms with Crippen LogP contribution in [0.2, 0.25) is 5.15 Å². The molecule has 0 saturated carbocycles. The predicted octanol–water partition coefficient (Wildman–Crippen LogP) is 3.72. The Morgan fingerprint density at radius 2 is 2.05 bits per heavy atom. The first-order chi connectivity index (χ1) is 10.7. The van der Waals surface area contributed by atoms with E-state index in [2.05, 4.69) is 4.98 Å². The number of hydrogen-bond donors (Lipinski definition) is 0. The summed E-state index contributed by atoms with van der Waals surface area (Å²) in [6.45, 7) is 0.762. The van der Waals surface area contributed by atoms with Gasteiger partial charge in [0.05, 0.1) is 18.7 Å². The molecule has 2 aromatic rings. The van der Waals surface area contributed by atoms with Crippen molar-refractivity contribution in [3.05, 3.63) is 58.9 Å². The third-order valence-electron chi connectivity index (χ3n) is 3.99. The molecule has 22 heavy (non-hydrogen) atoms. The van der Waals surface area contributed by atoms with E-state index in [1.165, 1.54) is 6.20 Å². The maximum atomic E-state index is 12.7. The predicted molar refractivity (Wildman–Crippen MR) is 85.3 cm³/mol. The molecule has 1 aliphatic rings. The van der Waals surface area contributed by atoms with Crippen LogP contribution in [0.1, 0.15) is 34.8 Å². The summed E-state index contributed by atoms with van der Waals surface area (Å²) in [5, 5.41) is 0.393. The number of pyridine rings is 1. The number of ether oxygens (including phenoxy) is 1. The third-order valence-corrected chi connectivity index (χ3v) is 4.21. The van der Waals surface area contributed by atoms with Gasteiger partial charge in [-0.05, 0) is 42.7 Å². The van der Waals surface area contributed by atoms with Gasteiger partial charge in [-0.25, -0.2) is 4.98 Å². The second kappa shape index (κ2) is 6.36. The Morgan fingerprint density at radius 3 is 2.68 bits per heavy atom. The van der Waals surface area contributed by atoms with Crippen LogP contribution in [0.3, 0.4) is 0 Å². The summed E-state index contributed by atoms with van der Waals surface area (Å²) in [5.41, 5.74) is 1.71. The van der Waals surface area contributed by atoms with E-state index in [0.29, 0.717) is 10.7 Å². The largest absolute Gasteiger partial charge is 0.497 e. The van der Waals surface area contributed by atoms with E-state index in [1.807, 2.05) is 29.2 Å². The number of nitrogens with zero attached hydrogens (tertiary/aromatic N) is 2. The highest BCUT2D eigenvalue weighted by atomic mass is 35.5. The van der Waals surface area contributed by atoms with E-state index in [4.69, 9.17) is 16.3 Å². The first-order valence-electron chi connectivity index (χ1n) is 7.25. The minimum Gasteiger partial charge on any atom is -0.497 e. The standard InChI is InChI=1S/C17H17ClN2O2/c1-22-14-7-4-12(5-8-14)15-3-2-10-20(15)17(21)13-6-9-16(18)19-11-13/h4-9,11,15H,2-3,10H2,1H3. The number of benzene rings is 1. The lowest BCUT2D eigenvalue weighted by Gasteiger charge is -2.25. The van der Waals surface area contributed by atoms with E-state index in [-0.39, 0.29) is 11.9 Å². The van der Waals surface area contributed by atoms with Crippen LogP contribution in [0.15, 0.2) is 42.6 Å². The average molecular weight is 317 g/mol. The molecule has 4 nitrogen and oxygen atoms in total. The summed E-state index contributed by atoms with van der Waals surface area (Å²) in [6.07, 6.45) is 3.51. The Bertz CT molecular complexity index is 655. The molecule has 1 aromatic heterocycles. The van der Waals surface area contributed by atoms with Gasteiger partial charge in [-0.15, -0.1) is 0 Å². The van der Waals surface area contributed by atoms with Crippen molar-refractivity contribution in [3.8, 4) is 5.75 Å². The molecule has 1 amide bonds. The Hall–Kier alpha value is -2.07. The van der Waals surface area contributed by atoms with E-state index in [9.17, 15) is 4.79 Å². The van der Waals surface area contributed by atoms with Crippen molar-refractivity contribution in [1.82, 2.24) is 9.88 Å². The van der Waals surface area contributed by atoms with E-state index in [0.717, 1.165) is 30.7 Å². The van der Waals surface area contributed by atoms with Crippen LogP contribution in [0.5, 0.6) is 5.75 Å². The molecule has 3 rings (SSSR count). The fraction of sp³-hybridized carbons (Fsp3) is 0.294. The van der Waals surface area contributed by atoms with Crippen LogP contribution < -0.4 is 4.74 Å². The molecule has 1 saturated heterocycles. The molecule has 0 spiro atoms. The Balaban J connectivity index is 1.82. The first kappa shape index (κ1) is 14.9. The van der Waals surface area contributed by atoms with Gasteiger partial charge in [0.15, 0.2) is 0 Å². The summed E-state index contributed by atoms with van der Waals surface area (Å²) < 4.78 is 5.19. The van der Waals surface area contributed by atoms with Gasteiger partial charge in [-0.3, -0.25) is 4.79 Å². The van der Waals surface area contributed by atoms with Crippen LogP contribution in [0, 0.1) is 0 Å². The minimum atomic E-state index is 0.00230. The molecule has 2 heterocycles. The van der Waals surface area contributed by atoms with Gasteiger partial charge >= 0.3 is 0 Å². The molecular formula is C17H17ClN2O2.